The summed E-state index contributed by atoms with van der Waals surface area (Å²) in [6.45, 7) is 6.14. The molecule has 7 nitrogen and oxygen atoms in total. The van der Waals surface area contributed by atoms with E-state index in [0.717, 1.165) is 30.9 Å². The van der Waals surface area contributed by atoms with Crippen LogP contribution in [0.4, 0.5) is 10.5 Å². The summed E-state index contributed by atoms with van der Waals surface area (Å²) in [4.78, 5) is 30.5. The molecule has 1 aliphatic rings. The van der Waals surface area contributed by atoms with Gasteiger partial charge in [0.15, 0.2) is 0 Å². The smallest absolute Gasteiger partial charge is 0.321 e. The van der Waals surface area contributed by atoms with Crippen LogP contribution in [-0.4, -0.2) is 79.6 Å². The molecule has 2 aromatic carbocycles. The Morgan fingerprint density at radius 1 is 1.09 bits per heavy atom. The summed E-state index contributed by atoms with van der Waals surface area (Å²) in [7, 11) is 1.64. The summed E-state index contributed by atoms with van der Waals surface area (Å²) < 4.78 is 5.36. The summed E-state index contributed by atoms with van der Waals surface area (Å²) in [6.07, 6.45) is 3.95. The largest absolute Gasteiger partial charge is 0.496 e. The predicted molar refractivity (Wildman–Crippen MR) is 138 cm³/mol. The van der Waals surface area contributed by atoms with E-state index in [9.17, 15) is 9.59 Å². The fraction of sp³-hybridized carbons (Fsp3) is 0.360. The van der Waals surface area contributed by atoms with E-state index in [1.165, 1.54) is 0 Å². The minimum Gasteiger partial charge on any atom is -0.496 e. The minimum absolute atomic E-state index is 0.0288. The van der Waals surface area contributed by atoms with Gasteiger partial charge >= 0.3 is 6.03 Å². The van der Waals surface area contributed by atoms with E-state index in [2.05, 4.69) is 10.2 Å². The molecule has 1 fully saturated rings. The zero-order chi connectivity index (χ0) is 24.5. The second-order valence-corrected chi connectivity index (χ2v) is 8.75. The molecule has 0 radical (unpaired) electrons. The summed E-state index contributed by atoms with van der Waals surface area (Å²) in [6, 6.07) is 12.7. The highest BCUT2D eigenvalue weighted by Crippen LogP contribution is 2.29. The maximum Gasteiger partial charge on any atom is 0.321 e. The van der Waals surface area contributed by atoms with Crippen LogP contribution in [-0.2, 0) is 4.79 Å². The third kappa shape index (κ3) is 7.13. The van der Waals surface area contributed by atoms with Crippen molar-refractivity contribution in [1.82, 2.24) is 14.7 Å². The molecule has 9 heteroatoms. The SMILES string of the molecule is COc1ccccc1/C=C/CN(CCN1CCN(C(=O)Nc2cccc(Cl)c2Cl)CC1)C(C)=O. The number of amides is 3. The van der Waals surface area contributed by atoms with Crippen molar-refractivity contribution in [2.45, 2.75) is 6.92 Å². The first-order valence-electron chi connectivity index (χ1n) is 11.2. The Kier molecular flexibility index (Phi) is 9.62. The third-order valence-electron chi connectivity index (χ3n) is 5.75. The topological polar surface area (TPSA) is 65.1 Å². The standard InChI is InChI=1S/C25H30Cl2N4O3/c1-19(32)30(12-6-8-20-7-3-4-11-23(20)34-2)16-13-29-14-17-31(18-15-29)25(33)28-22-10-5-9-21(26)24(22)27/h3-11H,12-18H2,1-2H3,(H,28,33)/b8-6+. The lowest BCUT2D eigenvalue weighted by Crippen LogP contribution is -2.51. The van der Waals surface area contributed by atoms with Gasteiger partial charge in [0.1, 0.15) is 5.75 Å². The Bertz CT molecular complexity index is 1020. The molecule has 1 N–H and O–H groups in total. The van der Waals surface area contributed by atoms with E-state index in [4.69, 9.17) is 27.9 Å². The molecule has 0 unspecified atom stereocenters. The Morgan fingerprint density at radius 2 is 1.82 bits per heavy atom. The van der Waals surface area contributed by atoms with Crippen molar-refractivity contribution in [2.75, 3.05) is 58.2 Å². The van der Waals surface area contributed by atoms with E-state index < -0.39 is 0 Å². The van der Waals surface area contributed by atoms with Crippen LogP contribution in [0.3, 0.4) is 0 Å². The zero-order valence-electron chi connectivity index (χ0n) is 19.5. The van der Waals surface area contributed by atoms with Gasteiger partial charge in [0.05, 0.1) is 22.8 Å². The zero-order valence-corrected chi connectivity index (χ0v) is 21.0. The number of para-hydroxylation sites is 1. The molecule has 3 amide bonds. The Balaban J connectivity index is 1.45. The molecule has 0 aromatic heterocycles. The van der Waals surface area contributed by atoms with Gasteiger partial charge in [-0.2, -0.15) is 0 Å². The molecule has 0 atom stereocenters. The third-order valence-corrected chi connectivity index (χ3v) is 6.57. The van der Waals surface area contributed by atoms with Crippen LogP contribution in [0, 0.1) is 0 Å². The van der Waals surface area contributed by atoms with Gasteiger partial charge in [-0.25, -0.2) is 4.79 Å². The Morgan fingerprint density at radius 3 is 2.53 bits per heavy atom. The van der Waals surface area contributed by atoms with Gasteiger partial charge in [-0.15, -0.1) is 0 Å². The van der Waals surface area contributed by atoms with Gasteiger partial charge < -0.3 is 19.9 Å². The van der Waals surface area contributed by atoms with Crippen LogP contribution in [0.2, 0.25) is 10.0 Å². The molecule has 1 heterocycles. The van der Waals surface area contributed by atoms with Crippen LogP contribution in [0.5, 0.6) is 5.75 Å². The Labute approximate surface area is 210 Å². The second kappa shape index (κ2) is 12.6. The second-order valence-electron chi connectivity index (χ2n) is 7.97. The van der Waals surface area contributed by atoms with Gasteiger partial charge in [-0.05, 0) is 18.2 Å². The van der Waals surface area contributed by atoms with Crippen LogP contribution < -0.4 is 10.1 Å². The average molecular weight is 505 g/mol. The molecule has 0 saturated carbocycles. The number of carbonyl (C=O) groups excluding carboxylic acids is 2. The first-order valence-corrected chi connectivity index (χ1v) is 11.9. The maximum atomic E-state index is 12.6. The fourth-order valence-electron chi connectivity index (χ4n) is 3.72. The molecule has 34 heavy (non-hydrogen) atoms. The number of hydrogen-bond acceptors (Lipinski definition) is 4. The molecule has 1 saturated heterocycles. The van der Waals surface area contributed by atoms with Crippen molar-refractivity contribution in [2.24, 2.45) is 0 Å². The van der Waals surface area contributed by atoms with Gasteiger partial charge in [-0.3, -0.25) is 9.69 Å². The minimum atomic E-state index is -0.198. The van der Waals surface area contributed by atoms with Crippen molar-refractivity contribution in [1.29, 1.82) is 0 Å². The van der Waals surface area contributed by atoms with E-state index in [0.29, 0.717) is 41.9 Å². The number of carbonyl (C=O) groups is 2. The quantitative estimate of drug-likeness (QED) is 0.565. The molecule has 0 bridgehead atoms. The number of anilines is 1. The molecule has 182 valence electrons. The number of nitrogens with zero attached hydrogens (tertiary/aromatic N) is 3. The highest BCUT2D eigenvalue weighted by atomic mass is 35.5. The maximum absolute atomic E-state index is 12.6. The molecule has 0 spiro atoms. The Hall–Kier alpha value is -2.74. The van der Waals surface area contributed by atoms with Gasteiger partial charge in [0.2, 0.25) is 5.91 Å². The number of hydrogen-bond donors (Lipinski definition) is 1. The molecule has 2 aromatic rings. The average Bonchev–Trinajstić information content (AvgIpc) is 2.84. The number of rotatable bonds is 8. The van der Waals surface area contributed by atoms with Crippen LogP contribution in [0.25, 0.3) is 6.08 Å². The molecule has 0 aliphatic carbocycles. The molecule has 1 aliphatic heterocycles. The monoisotopic (exact) mass is 504 g/mol. The van der Waals surface area contributed by atoms with Crippen molar-refractivity contribution in [3.8, 4) is 5.75 Å². The normalized spacial score (nSPS) is 14.3. The number of nitrogens with one attached hydrogen (secondary N) is 1. The fourth-order valence-corrected chi connectivity index (χ4v) is 4.07. The van der Waals surface area contributed by atoms with Crippen LogP contribution in [0.1, 0.15) is 12.5 Å². The van der Waals surface area contributed by atoms with Crippen LogP contribution in [0.15, 0.2) is 48.5 Å². The number of ether oxygens (including phenoxy) is 1. The predicted octanol–water partition coefficient (Wildman–Crippen LogP) is 4.71. The van der Waals surface area contributed by atoms with Crippen molar-refractivity contribution < 1.29 is 14.3 Å². The lowest BCUT2D eigenvalue weighted by Gasteiger charge is -2.35. The van der Waals surface area contributed by atoms with E-state index in [1.54, 1.807) is 37.1 Å². The highest BCUT2D eigenvalue weighted by Gasteiger charge is 2.22. The summed E-state index contributed by atoms with van der Waals surface area (Å²) >= 11 is 12.2. The number of benzene rings is 2. The van der Waals surface area contributed by atoms with Gasteiger partial charge in [0, 0.05) is 58.3 Å². The van der Waals surface area contributed by atoms with Crippen molar-refractivity contribution in [3.63, 3.8) is 0 Å². The van der Waals surface area contributed by atoms with Gasteiger partial charge in [-0.1, -0.05) is 59.6 Å². The summed E-state index contributed by atoms with van der Waals surface area (Å²) in [5, 5.41) is 3.56. The van der Waals surface area contributed by atoms with Crippen molar-refractivity contribution in [3.05, 3.63) is 64.1 Å². The lowest BCUT2D eigenvalue weighted by atomic mass is 10.2. The van der Waals surface area contributed by atoms with Crippen LogP contribution >= 0.6 is 23.2 Å². The van der Waals surface area contributed by atoms with E-state index in [-0.39, 0.29) is 11.9 Å². The summed E-state index contributed by atoms with van der Waals surface area (Å²) in [5.74, 6) is 0.828. The molecular formula is C25H30Cl2N4O3. The number of urea groups is 1. The molecular weight excluding hydrogens is 475 g/mol. The highest BCUT2D eigenvalue weighted by molar-refractivity contribution is 6.43. The molecule has 3 rings (SSSR count). The lowest BCUT2D eigenvalue weighted by molar-refractivity contribution is -0.128. The van der Waals surface area contributed by atoms with E-state index in [1.807, 2.05) is 41.3 Å². The number of methoxy groups -OCH3 is 1. The number of halogens is 2. The van der Waals surface area contributed by atoms with Gasteiger partial charge in [0.25, 0.3) is 0 Å². The first kappa shape index (κ1) is 25.9. The number of piperazine rings is 1. The van der Waals surface area contributed by atoms with Crippen molar-refractivity contribution >= 4 is 46.9 Å². The van der Waals surface area contributed by atoms with E-state index >= 15 is 0 Å². The summed E-state index contributed by atoms with van der Waals surface area (Å²) in [5.41, 5.74) is 1.47. The first-order chi connectivity index (χ1) is 16.4.